The summed E-state index contributed by atoms with van der Waals surface area (Å²) >= 11 is 0. The highest BCUT2D eigenvalue weighted by Crippen LogP contribution is 2.13. The summed E-state index contributed by atoms with van der Waals surface area (Å²) in [4.78, 5) is 33.9. The molecular weight excluding hydrogens is 272 g/mol. The number of carbonyl (C=O) groups excluding carboxylic acids is 2. The molecule has 110 valence electrons. The van der Waals surface area contributed by atoms with Crippen LogP contribution in [0.15, 0.2) is 12.5 Å². The average Bonchev–Trinajstić information content (AvgIpc) is 2.87. The van der Waals surface area contributed by atoms with Gasteiger partial charge in [0.05, 0.1) is 11.3 Å². The van der Waals surface area contributed by atoms with E-state index >= 15 is 0 Å². The lowest BCUT2D eigenvalue weighted by Gasteiger charge is -2.20. The number of nitrogens with zero attached hydrogens (tertiary/aromatic N) is 5. The molecule has 0 atom stereocenters. The zero-order chi connectivity index (χ0) is 14.8. The van der Waals surface area contributed by atoms with Crippen molar-refractivity contribution < 1.29 is 9.59 Å². The molecule has 3 rings (SSSR count). The van der Waals surface area contributed by atoms with Crippen molar-refractivity contribution in [2.24, 2.45) is 0 Å². The second kappa shape index (κ2) is 5.47. The van der Waals surface area contributed by atoms with Crippen LogP contribution < -0.4 is 5.32 Å². The molecule has 21 heavy (non-hydrogen) atoms. The van der Waals surface area contributed by atoms with Gasteiger partial charge in [0.1, 0.15) is 6.33 Å². The second-order valence-corrected chi connectivity index (χ2v) is 4.84. The molecule has 0 aliphatic carbocycles. The number of hydrogen-bond acceptors (Lipinski definition) is 5. The maximum absolute atomic E-state index is 12.7. The molecule has 2 aromatic heterocycles. The molecule has 2 aromatic rings. The summed E-state index contributed by atoms with van der Waals surface area (Å²) in [6, 6.07) is 0. The highest BCUT2D eigenvalue weighted by Gasteiger charge is 2.23. The van der Waals surface area contributed by atoms with E-state index in [4.69, 9.17) is 0 Å². The molecule has 0 radical (unpaired) electrons. The fraction of sp³-hybridized carbons (Fsp3) is 0.462. The van der Waals surface area contributed by atoms with Crippen LogP contribution in [0, 0.1) is 0 Å². The van der Waals surface area contributed by atoms with E-state index in [0.29, 0.717) is 43.8 Å². The molecule has 0 aromatic carbocycles. The molecule has 8 heteroatoms. The second-order valence-electron chi connectivity index (χ2n) is 4.84. The minimum Gasteiger partial charge on any atom is -0.354 e. The molecular formula is C13H16N6O2. The smallest absolute Gasteiger partial charge is 0.257 e. The highest BCUT2D eigenvalue weighted by atomic mass is 16.2. The van der Waals surface area contributed by atoms with Crippen molar-refractivity contribution in [3.63, 3.8) is 0 Å². The van der Waals surface area contributed by atoms with E-state index in [1.54, 1.807) is 15.6 Å². The van der Waals surface area contributed by atoms with Gasteiger partial charge >= 0.3 is 0 Å². The van der Waals surface area contributed by atoms with Crippen molar-refractivity contribution in [3.8, 4) is 0 Å². The van der Waals surface area contributed by atoms with Gasteiger partial charge in [-0.05, 0) is 6.42 Å². The first-order chi connectivity index (χ1) is 10.2. The van der Waals surface area contributed by atoms with Crippen LogP contribution in [0.5, 0.6) is 0 Å². The summed E-state index contributed by atoms with van der Waals surface area (Å²) in [5.74, 6) is 0.343. The molecule has 1 fully saturated rings. The van der Waals surface area contributed by atoms with Gasteiger partial charge in [-0.3, -0.25) is 9.59 Å². The molecule has 3 heterocycles. The van der Waals surface area contributed by atoms with Gasteiger partial charge in [0.25, 0.3) is 11.7 Å². The van der Waals surface area contributed by atoms with Crippen molar-refractivity contribution in [2.45, 2.75) is 19.8 Å². The first-order valence-electron chi connectivity index (χ1n) is 6.94. The van der Waals surface area contributed by atoms with Crippen LogP contribution in [-0.4, -0.2) is 55.9 Å². The number of aryl methyl sites for hydroxylation is 1. The van der Waals surface area contributed by atoms with E-state index in [-0.39, 0.29) is 11.8 Å². The zero-order valence-corrected chi connectivity index (χ0v) is 11.7. The number of rotatable bonds is 2. The van der Waals surface area contributed by atoms with Gasteiger partial charge in [0.15, 0.2) is 0 Å². The fourth-order valence-corrected chi connectivity index (χ4v) is 2.48. The summed E-state index contributed by atoms with van der Waals surface area (Å²) in [5, 5.41) is 6.87. The van der Waals surface area contributed by atoms with Crippen LogP contribution in [0.25, 0.3) is 5.78 Å². The first kappa shape index (κ1) is 13.5. The van der Waals surface area contributed by atoms with Crippen LogP contribution in [-0.2, 0) is 11.2 Å². The maximum atomic E-state index is 12.7. The lowest BCUT2D eigenvalue weighted by atomic mass is 10.1. The van der Waals surface area contributed by atoms with Gasteiger partial charge in [-0.15, -0.1) is 0 Å². The number of carbonyl (C=O) groups is 2. The standard InChI is InChI=1S/C13H16N6O2/c1-2-10-9(7-15-13-16-8-17-19(10)13)12(21)18-5-3-11(20)14-4-6-18/h7-8H,2-6H2,1H3,(H,14,20). The van der Waals surface area contributed by atoms with Crippen LogP contribution in [0.1, 0.15) is 29.4 Å². The summed E-state index contributed by atoms with van der Waals surface area (Å²) in [5.41, 5.74) is 1.30. The molecule has 1 N–H and O–H groups in total. The molecule has 0 spiro atoms. The summed E-state index contributed by atoms with van der Waals surface area (Å²) in [6.07, 6.45) is 3.94. The Morgan fingerprint density at radius 1 is 1.38 bits per heavy atom. The van der Waals surface area contributed by atoms with Crippen molar-refractivity contribution in [1.29, 1.82) is 0 Å². The third kappa shape index (κ3) is 2.44. The van der Waals surface area contributed by atoms with Gasteiger partial charge in [-0.2, -0.15) is 10.1 Å². The van der Waals surface area contributed by atoms with Crippen molar-refractivity contribution in [2.75, 3.05) is 19.6 Å². The van der Waals surface area contributed by atoms with Gasteiger partial charge in [0.2, 0.25) is 5.91 Å². The van der Waals surface area contributed by atoms with Gasteiger partial charge in [-0.25, -0.2) is 9.50 Å². The zero-order valence-electron chi connectivity index (χ0n) is 11.7. The quantitative estimate of drug-likeness (QED) is 0.815. The molecule has 1 saturated heterocycles. The number of aromatic nitrogens is 4. The van der Waals surface area contributed by atoms with Crippen LogP contribution in [0.2, 0.25) is 0 Å². The molecule has 1 aliphatic heterocycles. The predicted octanol–water partition coefficient (Wildman–Crippen LogP) is -0.351. The molecule has 1 aliphatic rings. The fourth-order valence-electron chi connectivity index (χ4n) is 2.48. The third-order valence-electron chi connectivity index (χ3n) is 3.57. The SMILES string of the molecule is CCc1c(C(=O)N2CCNC(=O)CC2)cnc2ncnn12. The predicted molar refractivity (Wildman–Crippen MR) is 73.7 cm³/mol. The van der Waals surface area contributed by atoms with E-state index in [1.165, 1.54) is 6.33 Å². The molecule has 8 nitrogen and oxygen atoms in total. The lowest BCUT2D eigenvalue weighted by molar-refractivity contribution is -0.120. The Balaban J connectivity index is 1.95. The van der Waals surface area contributed by atoms with E-state index in [0.717, 1.165) is 5.69 Å². The molecule has 2 amide bonds. The van der Waals surface area contributed by atoms with E-state index in [1.807, 2.05) is 6.92 Å². The van der Waals surface area contributed by atoms with Crippen molar-refractivity contribution in [1.82, 2.24) is 29.8 Å². The topological polar surface area (TPSA) is 92.5 Å². The monoisotopic (exact) mass is 288 g/mol. The summed E-state index contributed by atoms with van der Waals surface area (Å²) < 4.78 is 1.59. The Morgan fingerprint density at radius 2 is 2.24 bits per heavy atom. The third-order valence-corrected chi connectivity index (χ3v) is 3.57. The van der Waals surface area contributed by atoms with Gasteiger partial charge < -0.3 is 10.2 Å². The van der Waals surface area contributed by atoms with Gasteiger partial charge in [-0.1, -0.05) is 6.92 Å². The Hall–Kier alpha value is -2.51. The number of nitrogens with one attached hydrogen (secondary N) is 1. The van der Waals surface area contributed by atoms with Crippen LogP contribution >= 0.6 is 0 Å². The van der Waals surface area contributed by atoms with Crippen molar-refractivity contribution in [3.05, 3.63) is 23.8 Å². The summed E-state index contributed by atoms with van der Waals surface area (Å²) in [6.45, 7) is 3.36. The minimum absolute atomic E-state index is 0.0223. The first-order valence-corrected chi connectivity index (χ1v) is 6.94. The van der Waals surface area contributed by atoms with E-state index in [2.05, 4.69) is 20.4 Å². The van der Waals surface area contributed by atoms with Crippen molar-refractivity contribution >= 4 is 17.6 Å². The molecule has 0 saturated carbocycles. The van der Waals surface area contributed by atoms with Crippen LogP contribution in [0.4, 0.5) is 0 Å². The number of amides is 2. The van der Waals surface area contributed by atoms with E-state index in [9.17, 15) is 9.59 Å². The highest BCUT2D eigenvalue weighted by molar-refractivity contribution is 5.95. The number of hydrogen-bond donors (Lipinski definition) is 1. The van der Waals surface area contributed by atoms with Gasteiger partial charge in [0, 0.05) is 32.3 Å². The Labute approximate surface area is 121 Å². The Morgan fingerprint density at radius 3 is 3.05 bits per heavy atom. The lowest BCUT2D eigenvalue weighted by Crippen LogP contribution is -2.35. The number of fused-ring (bicyclic) bond motifs is 1. The average molecular weight is 288 g/mol. The van der Waals surface area contributed by atoms with E-state index < -0.39 is 0 Å². The minimum atomic E-state index is -0.117. The normalized spacial score (nSPS) is 15.9. The molecule has 0 bridgehead atoms. The van der Waals surface area contributed by atoms with Crippen LogP contribution in [0.3, 0.4) is 0 Å². The Kier molecular flexibility index (Phi) is 3.51. The summed E-state index contributed by atoms with van der Waals surface area (Å²) in [7, 11) is 0. The largest absolute Gasteiger partial charge is 0.354 e. The molecule has 0 unspecified atom stereocenters. The maximum Gasteiger partial charge on any atom is 0.257 e. The Bertz CT molecular complexity index is 695.